The Hall–Kier alpha value is -0.240. The van der Waals surface area contributed by atoms with E-state index in [1.807, 2.05) is 0 Å². The number of alkyl halides is 1. The van der Waals surface area contributed by atoms with Crippen LogP contribution in [-0.4, -0.2) is 17.5 Å². The maximum Gasteiger partial charge on any atom is 0.324 e. The van der Waals surface area contributed by atoms with Crippen molar-refractivity contribution in [1.82, 2.24) is 0 Å². The van der Waals surface area contributed by atoms with E-state index >= 15 is 0 Å². The van der Waals surface area contributed by atoms with Gasteiger partial charge in [-0.25, -0.2) is 0 Å². The van der Waals surface area contributed by atoms with Gasteiger partial charge in [-0.2, -0.15) is 0 Å². The number of rotatable bonds is 2. The monoisotopic (exact) mass is 176 g/mol. The third kappa shape index (κ3) is 2.37. The molecule has 3 heteroatoms. The molecule has 2 unspecified atom stereocenters. The normalized spacial score (nSPS) is 31.1. The minimum Gasteiger partial charge on any atom is -0.461 e. The Bertz CT molecular complexity index is 156. The molecule has 0 aromatic rings. The van der Waals surface area contributed by atoms with Gasteiger partial charge in [0.15, 0.2) is 0 Å². The van der Waals surface area contributed by atoms with E-state index in [4.69, 9.17) is 16.3 Å². The van der Waals surface area contributed by atoms with Crippen LogP contribution in [0, 0.1) is 5.92 Å². The third-order valence-electron chi connectivity index (χ3n) is 1.74. The van der Waals surface area contributed by atoms with Gasteiger partial charge in [0, 0.05) is 6.42 Å². The average molecular weight is 177 g/mol. The number of ether oxygens (including phenoxy) is 1. The molecular weight excluding hydrogens is 164 g/mol. The number of esters is 1. The van der Waals surface area contributed by atoms with Crippen molar-refractivity contribution in [3.8, 4) is 0 Å². The summed E-state index contributed by atoms with van der Waals surface area (Å²) in [6.45, 7) is 4.21. The highest BCUT2D eigenvalue weighted by Gasteiger charge is 2.32. The first-order valence-electron chi connectivity index (χ1n) is 3.94. The molecule has 0 amide bonds. The van der Waals surface area contributed by atoms with E-state index in [2.05, 4.69) is 13.8 Å². The predicted molar refractivity (Wildman–Crippen MR) is 43.6 cm³/mol. The first-order valence-corrected chi connectivity index (χ1v) is 4.37. The lowest BCUT2D eigenvalue weighted by Gasteiger charge is -2.10. The highest BCUT2D eigenvalue weighted by molar-refractivity contribution is 6.30. The molecule has 1 aliphatic rings. The molecule has 0 saturated carbocycles. The van der Waals surface area contributed by atoms with Crippen LogP contribution in [0.1, 0.15) is 26.7 Å². The smallest absolute Gasteiger partial charge is 0.324 e. The van der Waals surface area contributed by atoms with Crippen molar-refractivity contribution in [3.05, 3.63) is 0 Å². The summed E-state index contributed by atoms with van der Waals surface area (Å²) in [5.74, 6) is 0.312. The molecule has 0 bridgehead atoms. The molecule has 2 nitrogen and oxygen atoms in total. The van der Waals surface area contributed by atoms with Gasteiger partial charge >= 0.3 is 5.97 Å². The van der Waals surface area contributed by atoms with E-state index in [1.165, 1.54) is 0 Å². The minimum absolute atomic E-state index is 0.0602. The Morgan fingerprint density at radius 3 is 2.73 bits per heavy atom. The minimum atomic E-state index is -0.404. The van der Waals surface area contributed by atoms with Crippen molar-refractivity contribution in [2.24, 2.45) is 5.92 Å². The number of carbonyl (C=O) groups excluding carboxylic acids is 1. The molecule has 1 rings (SSSR count). The summed E-state index contributed by atoms with van der Waals surface area (Å²) in [6.07, 6.45) is 1.66. The Kier molecular flexibility index (Phi) is 2.77. The SMILES string of the molecule is CC(C)CC1CC(Cl)C(=O)O1. The average Bonchev–Trinajstić information content (AvgIpc) is 2.10. The first-order chi connectivity index (χ1) is 5.09. The molecule has 0 aliphatic carbocycles. The van der Waals surface area contributed by atoms with Gasteiger partial charge in [0.2, 0.25) is 0 Å². The molecule has 0 N–H and O–H groups in total. The van der Waals surface area contributed by atoms with Gasteiger partial charge < -0.3 is 4.74 Å². The highest BCUT2D eigenvalue weighted by Crippen LogP contribution is 2.24. The van der Waals surface area contributed by atoms with E-state index in [0.717, 1.165) is 6.42 Å². The molecule has 0 radical (unpaired) electrons. The van der Waals surface area contributed by atoms with Crippen molar-refractivity contribution >= 4 is 17.6 Å². The second-order valence-electron chi connectivity index (χ2n) is 3.39. The van der Waals surface area contributed by atoms with Crippen molar-refractivity contribution in [2.75, 3.05) is 0 Å². The first kappa shape index (κ1) is 8.85. The summed E-state index contributed by atoms with van der Waals surface area (Å²) >= 11 is 5.67. The van der Waals surface area contributed by atoms with E-state index in [0.29, 0.717) is 12.3 Å². The van der Waals surface area contributed by atoms with Crippen molar-refractivity contribution in [2.45, 2.75) is 38.2 Å². The van der Waals surface area contributed by atoms with Gasteiger partial charge in [-0.1, -0.05) is 13.8 Å². The fourth-order valence-corrected chi connectivity index (χ4v) is 1.53. The van der Waals surface area contributed by atoms with Crippen LogP contribution in [0.4, 0.5) is 0 Å². The van der Waals surface area contributed by atoms with Crippen LogP contribution in [0.15, 0.2) is 0 Å². The van der Waals surface area contributed by atoms with Gasteiger partial charge in [-0.05, 0) is 12.3 Å². The van der Waals surface area contributed by atoms with Crippen molar-refractivity contribution in [3.63, 3.8) is 0 Å². The molecule has 2 atom stereocenters. The van der Waals surface area contributed by atoms with Crippen molar-refractivity contribution < 1.29 is 9.53 Å². The van der Waals surface area contributed by atoms with Crippen LogP contribution in [0.2, 0.25) is 0 Å². The highest BCUT2D eigenvalue weighted by atomic mass is 35.5. The Balaban J connectivity index is 2.35. The predicted octanol–water partition coefficient (Wildman–Crippen LogP) is 1.96. The summed E-state index contributed by atoms with van der Waals surface area (Å²) in [5.41, 5.74) is 0. The van der Waals surface area contributed by atoms with Crippen LogP contribution in [-0.2, 0) is 9.53 Å². The fourth-order valence-electron chi connectivity index (χ4n) is 1.28. The fraction of sp³-hybridized carbons (Fsp3) is 0.875. The second-order valence-corrected chi connectivity index (χ2v) is 3.92. The lowest BCUT2D eigenvalue weighted by atomic mass is 10.0. The molecule has 1 aliphatic heterocycles. The molecule has 1 fully saturated rings. The van der Waals surface area contributed by atoms with E-state index in [1.54, 1.807) is 0 Å². The maximum atomic E-state index is 10.8. The van der Waals surface area contributed by atoms with Gasteiger partial charge in [0.25, 0.3) is 0 Å². The molecule has 1 heterocycles. The molecule has 11 heavy (non-hydrogen) atoms. The van der Waals surface area contributed by atoms with Crippen LogP contribution >= 0.6 is 11.6 Å². The quantitative estimate of drug-likeness (QED) is 0.475. The van der Waals surface area contributed by atoms with Gasteiger partial charge in [0.1, 0.15) is 11.5 Å². The molecular formula is C8H13ClO2. The van der Waals surface area contributed by atoms with E-state index in [-0.39, 0.29) is 12.1 Å². The third-order valence-corrected chi connectivity index (χ3v) is 2.10. The zero-order valence-corrected chi connectivity index (χ0v) is 7.60. The second kappa shape index (κ2) is 3.44. The molecule has 1 saturated heterocycles. The zero-order chi connectivity index (χ0) is 8.43. The molecule has 0 aromatic heterocycles. The van der Waals surface area contributed by atoms with Gasteiger partial charge in [-0.3, -0.25) is 4.79 Å². The zero-order valence-electron chi connectivity index (χ0n) is 6.84. The van der Waals surface area contributed by atoms with Crippen molar-refractivity contribution in [1.29, 1.82) is 0 Å². The number of hydrogen-bond donors (Lipinski definition) is 0. The Morgan fingerprint density at radius 2 is 2.36 bits per heavy atom. The number of halogens is 1. The molecule has 0 aromatic carbocycles. The number of cyclic esters (lactones) is 1. The molecule has 0 spiro atoms. The maximum absolute atomic E-state index is 10.8. The summed E-state index contributed by atoms with van der Waals surface area (Å²) < 4.78 is 5.01. The standard InChI is InChI=1S/C8H13ClO2/c1-5(2)3-6-4-7(9)8(10)11-6/h5-7H,3-4H2,1-2H3. The van der Waals surface area contributed by atoms with Gasteiger partial charge in [0.05, 0.1) is 0 Å². The van der Waals surface area contributed by atoms with Crippen LogP contribution < -0.4 is 0 Å². The summed E-state index contributed by atoms with van der Waals surface area (Å²) in [7, 11) is 0. The van der Waals surface area contributed by atoms with Crippen LogP contribution in [0.25, 0.3) is 0 Å². The number of carbonyl (C=O) groups is 1. The summed E-state index contributed by atoms with van der Waals surface area (Å²) in [4.78, 5) is 10.8. The van der Waals surface area contributed by atoms with Gasteiger partial charge in [-0.15, -0.1) is 11.6 Å². The number of hydrogen-bond acceptors (Lipinski definition) is 2. The Morgan fingerprint density at radius 1 is 1.73 bits per heavy atom. The largest absolute Gasteiger partial charge is 0.461 e. The van der Waals surface area contributed by atoms with Crippen LogP contribution in [0.3, 0.4) is 0 Å². The molecule has 64 valence electrons. The van der Waals surface area contributed by atoms with E-state index in [9.17, 15) is 4.79 Å². The lowest BCUT2D eigenvalue weighted by molar-refractivity contribution is -0.141. The summed E-state index contributed by atoms with van der Waals surface area (Å²) in [6, 6.07) is 0. The lowest BCUT2D eigenvalue weighted by Crippen LogP contribution is -2.09. The van der Waals surface area contributed by atoms with Crippen LogP contribution in [0.5, 0.6) is 0 Å². The summed E-state index contributed by atoms with van der Waals surface area (Å²) in [5, 5.41) is -0.404. The Labute approximate surface area is 71.9 Å². The topological polar surface area (TPSA) is 26.3 Å². The van der Waals surface area contributed by atoms with E-state index < -0.39 is 5.38 Å².